The molecule has 0 aliphatic carbocycles. The Hall–Kier alpha value is -2.10. The fourth-order valence-corrected chi connectivity index (χ4v) is 1.63. The van der Waals surface area contributed by atoms with Gasteiger partial charge >= 0.3 is 0 Å². The van der Waals surface area contributed by atoms with E-state index in [9.17, 15) is 4.39 Å². The van der Waals surface area contributed by atoms with E-state index >= 15 is 0 Å². The SMILES string of the molecule is CN(Cc1ccc(F)cc1)c1ccnc(N)c1. The van der Waals surface area contributed by atoms with Gasteiger partial charge in [0.1, 0.15) is 11.6 Å². The van der Waals surface area contributed by atoms with E-state index in [1.54, 1.807) is 18.3 Å². The third-order valence-electron chi connectivity index (χ3n) is 2.54. The number of benzene rings is 1. The predicted octanol–water partition coefficient (Wildman–Crippen LogP) is 2.44. The maximum absolute atomic E-state index is 12.8. The first-order chi connectivity index (χ1) is 8.15. The molecule has 1 heterocycles. The summed E-state index contributed by atoms with van der Waals surface area (Å²) in [5, 5.41) is 0. The summed E-state index contributed by atoms with van der Waals surface area (Å²) in [6.07, 6.45) is 1.67. The molecule has 0 spiro atoms. The van der Waals surface area contributed by atoms with E-state index in [1.807, 2.05) is 24.1 Å². The first-order valence-corrected chi connectivity index (χ1v) is 5.32. The second-order valence-corrected chi connectivity index (χ2v) is 3.92. The lowest BCUT2D eigenvalue weighted by Crippen LogP contribution is -2.16. The van der Waals surface area contributed by atoms with Crippen LogP contribution in [0.4, 0.5) is 15.9 Å². The smallest absolute Gasteiger partial charge is 0.125 e. The van der Waals surface area contributed by atoms with Crippen LogP contribution in [0, 0.1) is 5.82 Å². The normalized spacial score (nSPS) is 10.2. The van der Waals surface area contributed by atoms with E-state index in [4.69, 9.17) is 5.73 Å². The number of hydrogen-bond acceptors (Lipinski definition) is 3. The quantitative estimate of drug-likeness (QED) is 0.882. The van der Waals surface area contributed by atoms with Gasteiger partial charge in [0.2, 0.25) is 0 Å². The van der Waals surface area contributed by atoms with Crippen LogP contribution in [0.15, 0.2) is 42.6 Å². The van der Waals surface area contributed by atoms with Crippen molar-refractivity contribution in [2.75, 3.05) is 17.7 Å². The lowest BCUT2D eigenvalue weighted by molar-refractivity contribution is 0.627. The van der Waals surface area contributed by atoms with Crippen LogP contribution in [0.3, 0.4) is 0 Å². The van der Waals surface area contributed by atoms with Crippen molar-refractivity contribution in [3.63, 3.8) is 0 Å². The van der Waals surface area contributed by atoms with Crippen LogP contribution < -0.4 is 10.6 Å². The number of halogens is 1. The van der Waals surface area contributed by atoms with Gasteiger partial charge in [-0.25, -0.2) is 9.37 Å². The van der Waals surface area contributed by atoms with Gasteiger partial charge in [0.05, 0.1) is 0 Å². The summed E-state index contributed by atoms with van der Waals surface area (Å²) in [5.41, 5.74) is 7.66. The largest absolute Gasteiger partial charge is 0.384 e. The molecule has 0 saturated heterocycles. The van der Waals surface area contributed by atoms with Crippen LogP contribution in [0.25, 0.3) is 0 Å². The predicted molar refractivity (Wildman–Crippen MR) is 67.2 cm³/mol. The van der Waals surface area contributed by atoms with Crippen LogP contribution >= 0.6 is 0 Å². The number of pyridine rings is 1. The van der Waals surface area contributed by atoms with Gasteiger partial charge in [-0.15, -0.1) is 0 Å². The van der Waals surface area contributed by atoms with Gasteiger partial charge in [-0.3, -0.25) is 0 Å². The number of hydrogen-bond donors (Lipinski definition) is 1. The van der Waals surface area contributed by atoms with Gasteiger partial charge in [0, 0.05) is 31.5 Å². The Kier molecular flexibility index (Phi) is 3.23. The standard InChI is InChI=1S/C13H14FN3/c1-17(12-6-7-16-13(15)8-12)9-10-2-4-11(14)5-3-10/h2-8H,9H2,1H3,(H2,15,16). The minimum Gasteiger partial charge on any atom is -0.384 e. The Morgan fingerprint density at radius 2 is 1.94 bits per heavy atom. The van der Waals surface area contributed by atoms with Gasteiger partial charge in [0.15, 0.2) is 0 Å². The highest BCUT2D eigenvalue weighted by molar-refractivity contribution is 5.51. The molecule has 88 valence electrons. The Morgan fingerprint density at radius 3 is 2.59 bits per heavy atom. The van der Waals surface area contributed by atoms with E-state index in [-0.39, 0.29) is 5.82 Å². The molecular weight excluding hydrogens is 217 g/mol. The van der Waals surface area contributed by atoms with E-state index in [2.05, 4.69) is 4.98 Å². The lowest BCUT2D eigenvalue weighted by atomic mass is 10.2. The molecule has 2 N–H and O–H groups in total. The first kappa shape index (κ1) is 11.4. The highest BCUT2D eigenvalue weighted by Crippen LogP contribution is 2.16. The van der Waals surface area contributed by atoms with Crippen molar-refractivity contribution in [1.29, 1.82) is 0 Å². The molecule has 3 nitrogen and oxygen atoms in total. The van der Waals surface area contributed by atoms with Crippen LogP contribution in [0.1, 0.15) is 5.56 Å². The number of nitrogens with zero attached hydrogens (tertiary/aromatic N) is 2. The molecule has 0 bridgehead atoms. The second kappa shape index (κ2) is 4.82. The van der Waals surface area contributed by atoms with Crippen molar-refractivity contribution in [3.05, 3.63) is 54.0 Å². The minimum atomic E-state index is -0.218. The molecule has 0 atom stereocenters. The van der Waals surface area contributed by atoms with Crippen LogP contribution in [-0.2, 0) is 6.54 Å². The Morgan fingerprint density at radius 1 is 1.24 bits per heavy atom. The Labute approximate surface area is 99.7 Å². The molecule has 0 aliphatic rings. The van der Waals surface area contributed by atoms with Crippen molar-refractivity contribution in [2.45, 2.75) is 6.54 Å². The Balaban J connectivity index is 2.11. The highest BCUT2D eigenvalue weighted by atomic mass is 19.1. The molecule has 4 heteroatoms. The van der Waals surface area contributed by atoms with E-state index < -0.39 is 0 Å². The maximum Gasteiger partial charge on any atom is 0.125 e. The summed E-state index contributed by atoms with van der Waals surface area (Å²) in [5.74, 6) is 0.276. The average Bonchev–Trinajstić information content (AvgIpc) is 2.32. The van der Waals surface area contributed by atoms with Crippen LogP contribution in [0.2, 0.25) is 0 Å². The molecule has 0 saturated carbocycles. The van der Waals surface area contributed by atoms with Gasteiger partial charge in [-0.05, 0) is 23.8 Å². The number of anilines is 2. The van der Waals surface area contributed by atoms with Crippen molar-refractivity contribution in [2.24, 2.45) is 0 Å². The fourth-order valence-electron chi connectivity index (χ4n) is 1.63. The van der Waals surface area contributed by atoms with E-state index in [0.717, 1.165) is 11.3 Å². The zero-order valence-corrected chi connectivity index (χ0v) is 9.60. The van der Waals surface area contributed by atoms with Crippen molar-refractivity contribution in [3.8, 4) is 0 Å². The monoisotopic (exact) mass is 231 g/mol. The topological polar surface area (TPSA) is 42.2 Å². The van der Waals surface area contributed by atoms with Gasteiger partial charge < -0.3 is 10.6 Å². The maximum atomic E-state index is 12.8. The summed E-state index contributed by atoms with van der Waals surface area (Å²) in [6.45, 7) is 0.698. The van der Waals surface area contributed by atoms with Gasteiger partial charge in [-0.1, -0.05) is 12.1 Å². The molecule has 1 aromatic heterocycles. The summed E-state index contributed by atoms with van der Waals surface area (Å²) in [6, 6.07) is 10.2. The molecule has 0 fully saturated rings. The first-order valence-electron chi connectivity index (χ1n) is 5.32. The van der Waals surface area contributed by atoms with Crippen LogP contribution in [-0.4, -0.2) is 12.0 Å². The van der Waals surface area contributed by atoms with Gasteiger partial charge in [0.25, 0.3) is 0 Å². The van der Waals surface area contributed by atoms with Crippen molar-refractivity contribution in [1.82, 2.24) is 4.98 Å². The third kappa shape index (κ3) is 2.93. The van der Waals surface area contributed by atoms with Crippen LogP contribution in [0.5, 0.6) is 0 Å². The number of aromatic nitrogens is 1. The van der Waals surface area contributed by atoms with E-state index in [1.165, 1.54) is 12.1 Å². The zero-order valence-electron chi connectivity index (χ0n) is 9.60. The fraction of sp³-hybridized carbons (Fsp3) is 0.154. The summed E-state index contributed by atoms with van der Waals surface area (Å²) >= 11 is 0. The molecule has 1 aromatic carbocycles. The molecule has 2 aromatic rings. The zero-order chi connectivity index (χ0) is 12.3. The molecule has 0 amide bonds. The van der Waals surface area contributed by atoms with E-state index in [0.29, 0.717) is 12.4 Å². The van der Waals surface area contributed by atoms with Gasteiger partial charge in [-0.2, -0.15) is 0 Å². The number of rotatable bonds is 3. The highest BCUT2D eigenvalue weighted by Gasteiger charge is 2.03. The molecule has 0 radical (unpaired) electrons. The molecule has 0 aliphatic heterocycles. The molecular formula is C13H14FN3. The second-order valence-electron chi connectivity index (χ2n) is 3.92. The number of nitrogens with two attached hydrogens (primary N) is 1. The Bertz CT molecular complexity index is 496. The lowest BCUT2D eigenvalue weighted by Gasteiger charge is -2.19. The average molecular weight is 231 g/mol. The third-order valence-corrected chi connectivity index (χ3v) is 2.54. The van der Waals surface area contributed by atoms with Crippen molar-refractivity contribution < 1.29 is 4.39 Å². The number of nitrogen functional groups attached to an aromatic ring is 1. The molecule has 2 rings (SSSR count). The molecule has 17 heavy (non-hydrogen) atoms. The van der Waals surface area contributed by atoms with Crippen molar-refractivity contribution >= 4 is 11.5 Å². The molecule has 0 unspecified atom stereocenters. The summed E-state index contributed by atoms with van der Waals surface area (Å²) in [4.78, 5) is 5.98. The summed E-state index contributed by atoms with van der Waals surface area (Å²) < 4.78 is 12.8. The minimum absolute atomic E-state index is 0.218. The summed E-state index contributed by atoms with van der Waals surface area (Å²) in [7, 11) is 1.96.